The third-order valence-electron chi connectivity index (χ3n) is 4.56. The molecule has 1 aromatic carbocycles. The smallest absolute Gasteiger partial charge is 0.229 e. The van der Waals surface area contributed by atoms with Gasteiger partial charge < -0.3 is 10.1 Å². The average Bonchev–Trinajstić information content (AvgIpc) is 2.66. The lowest BCUT2D eigenvalue weighted by molar-refractivity contribution is -0.135. The van der Waals surface area contributed by atoms with Gasteiger partial charge in [-0.2, -0.15) is 0 Å². The van der Waals surface area contributed by atoms with E-state index in [0.29, 0.717) is 25.3 Å². The summed E-state index contributed by atoms with van der Waals surface area (Å²) in [5.41, 5.74) is 3.95. The number of carbonyl (C=O) groups is 3. The molecular weight excluding hydrogens is 352 g/mol. The second-order valence-electron chi connectivity index (χ2n) is 6.96. The molecule has 28 heavy (non-hydrogen) atoms. The van der Waals surface area contributed by atoms with Crippen molar-refractivity contribution in [2.75, 3.05) is 11.9 Å². The molecule has 2 amide bonds. The third kappa shape index (κ3) is 9.91. The summed E-state index contributed by atoms with van der Waals surface area (Å²) in [6.45, 7) is 10.5. The Morgan fingerprint density at radius 3 is 2.54 bits per heavy atom. The van der Waals surface area contributed by atoms with Gasteiger partial charge in [0.05, 0.1) is 6.54 Å². The van der Waals surface area contributed by atoms with E-state index < -0.39 is 0 Å². The minimum absolute atomic E-state index is 0.0164. The van der Waals surface area contributed by atoms with Crippen LogP contribution in [0.4, 0.5) is 5.69 Å². The van der Waals surface area contributed by atoms with E-state index in [2.05, 4.69) is 55.5 Å². The molecule has 0 aliphatic carbocycles. The Kier molecular flexibility index (Phi) is 13.1. The first kappa shape index (κ1) is 25.4. The van der Waals surface area contributed by atoms with Gasteiger partial charge in [0.1, 0.15) is 6.29 Å². The molecule has 2 rings (SSSR count). The second-order valence-corrected chi connectivity index (χ2v) is 6.96. The fraction of sp³-hybridized carbons (Fsp3) is 0.522. The van der Waals surface area contributed by atoms with Crippen molar-refractivity contribution >= 4 is 23.8 Å². The van der Waals surface area contributed by atoms with Gasteiger partial charge in [-0.1, -0.05) is 45.2 Å². The second kappa shape index (κ2) is 14.4. The number of aldehydes is 1. The number of carbonyl (C=O) groups excluding carboxylic acids is 3. The first-order valence-electron chi connectivity index (χ1n) is 9.79. The van der Waals surface area contributed by atoms with Crippen LogP contribution in [0.1, 0.15) is 58.1 Å². The van der Waals surface area contributed by atoms with E-state index in [-0.39, 0.29) is 17.7 Å². The summed E-state index contributed by atoms with van der Waals surface area (Å²) < 4.78 is 0. The van der Waals surface area contributed by atoms with Crippen LogP contribution in [0.25, 0.3) is 0 Å². The lowest BCUT2D eigenvalue weighted by atomic mass is 9.94. The van der Waals surface area contributed by atoms with Crippen LogP contribution in [-0.2, 0) is 20.8 Å². The van der Waals surface area contributed by atoms with Crippen molar-refractivity contribution in [1.82, 2.24) is 5.32 Å². The van der Waals surface area contributed by atoms with Crippen LogP contribution < -0.4 is 10.6 Å². The van der Waals surface area contributed by atoms with E-state index in [1.807, 2.05) is 6.92 Å². The number of imide groups is 1. The topological polar surface area (TPSA) is 75.3 Å². The maximum atomic E-state index is 10.7. The number of rotatable bonds is 5. The Morgan fingerprint density at radius 1 is 1.39 bits per heavy atom. The number of aryl methyl sites for hydroxylation is 1. The number of anilines is 1. The summed E-state index contributed by atoms with van der Waals surface area (Å²) in [6.07, 6.45) is 9.55. The largest absolute Gasteiger partial charge is 0.374 e. The molecule has 1 unspecified atom stereocenters. The monoisotopic (exact) mass is 386 g/mol. The van der Waals surface area contributed by atoms with Crippen LogP contribution in [0.2, 0.25) is 0 Å². The number of piperidine rings is 1. The normalized spacial score (nSPS) is 16.2. The minimum atomic E-state index is -0.141. The highest BCUT2D eigenvalue weighted by Gasteiger charge is 2.21. The summed E-state index contributed by atoms with van der Waals surface area (Å²) >= 11 is 0. The van der Waals surface area contributed by atoms with Crippen LogP contribution in [0.3, 0.4) is 0 Å². The van der Waals surface area contributed by atoms with Crippen LogP contribution >= 0.6 is 0 Å². The minimum Gasteiger partial charge on any atom is -0.374 e. The summed E-state index contributed by atoms with van der Waals surface area (Å²) in [5.74, 6) is 3.08. The van der Waals surface area contributed by atoms with Crippen molar-refractivity contribution < 1.29 is 14.4 Å². The molecule has 1 aromatic rings. The predicted molar refractivity (Wildman–Crippen MR) is 115 cm³/mol. The van der Waals surface area contributed by atoms with Crippen LogP contribution in [0.15, 0.2) is 18.2 Å². The standard InChI is InChI=1S/C15H21N.C6H9NO2.C2H4O/c1-5-10-16-15-9-7-8-13(4)14(15)11-12(3)6-2;1-4-2-3-5(8)7-6(4)9;1-2-3/h1,7-9,12,16H,6,10-11H2,2-4H3;4H,2-3H2,1H3,(H,7,8,9);2H,1H3/t12-;;/m1../s1. The van der Waals surface area contributed by atoms with Crippen molar-refractivity contribution in [3.8, 4) is 12.3 Å². The molecule has 0 radical (unpaired) electrons. The maximum absolute atomic E-state index is 10.7. The molecule has 5 nitrogen and oxygen atoms in total. The van der Waals surface area contributed by atoms with E-state index in [1.54, 1.807) is 0 Å². The number of nitrogens with one attached hydrogen (secondary N) is 2. The van der Waals surface area contributed by atoms with Gasteiger partial charge in [-0.05, 0) is 49.8 Å². The van der Waals surface area contributed by atoms with Gasteiger partial charge in [-0.15, -0.1) is 6.42 Å². The number of hydrogen-bond acceptors (Lipinski definition) is 4. The zero-order chi connectivity index (χ0) is 21.5. The SMILES string of the molecule is C#CCNc1cccc(C)c1C[C@H](C)CC.CC1CCC(=O)NC1=O.CC=O. The van der Waals surface area contributed by atoms with Gasteiger partial charge >= 0.3 is 0 Å². The number of amides is 2. The van der Waals surface area contributed by atoms with E-state index >= 15 is 0 Å². The molecule has 154 valence electrons. The van der Waals surface area contributed by atoms with E-state index in [0.717, 1.165) is 12.7 Å². The summed E-state index contributed by atoms with van der Waals surface area (Å²) in [6, 6.07) is 6.36. The number of hydrogen-bond donors (Lipinski definition) is 2. The molecule has 0 saturated carbocycles. The lowest BCUT2D eigenvalue weighted by Crippen LogP contribution is -2.39. The Hall–Kier alpha value is -2.61. The first-order valence-corrected chi connectivity index (χ1v) is 9.79. The zero-order valence-electron chi connectivity index (χ0n) is 17.8. The molecule has 0 spiro atoms. The van der Waals surface area contributed by atoms with Crippen molar-refractivity contribution in [1.29, 1.82) is 0 Å². The van der Waals surface area contributed by atoms with Crippen molar-refractivity contribution in [3.05, 3.63) is 29.3 Å². The Balaban J connectivity index is 0.000000509. The molecule has 1 saturated heterocycles. The van der Waals surface area contributed by atoms with Crippen LogP contribution in [0.5, 0.6) is 0 Å². The summed E-state index contributed by atoms with van der Waals surface area (Å²) in [4.78, 5) is 30.0. The fourth-order valence-electron chi connectivity index (χ4n) is 2.58. The zero-order valence-corrected chi connectivity index (χ0v) is 17.8. The average molecular weight is 387 g/mol. The fourth-order valence-corrected chi connectivity index (χ4v) is 2.58. The maximum Gasteiger partial charge on any atom is 0.229 e. The highest BCUT2D eigenvalue weighted by Crippen LogP contribution is 2.23. The molecular formula is C23H34N2O3. The van der Waals surface area contributed by atoms with Gasteiger partial charge in [0, 0.05) is 18.0 Å². The van der Waals surface area contributed by atoms with Gasteiger partial charge in [-0.3, -0.25) is 14.9 Å². The van der Waals surface area contributed by atoms with Crippen LogP contribution in [-0.4, -0.2) is 24.6 Å². The van der Waals surface area contributed by atoms with Gasteiger partial charge in [0.15, 0.2) is 0 Å². The molecule has 1 aliphatic heterocycles. The molecule has 1 heterocycles. The van der Waals surface area contributed by atoms with Crippen molar-refractivity contribution in [2.24, 2.45) is 11.8 Å². The highest BCUT2D eigenvalue weighted by molar-refractivity contribution is 5.98. The van der Waals surface area contributed by atoms with E-state index in [1.165, 1.54) is 30.2 Å². The molecule has 0 aromatic heterocycles. The van der Waals surface area contributed by atoms with Gasteiger partial charge in [-0.25, -0.2) is 0 Å². The molecule has 1 aliphatic rings. The Bertz CT molecular complexity index is 677. The predicted octanol–water partition coefficient (Wildman–Crippen LogP) is 3.89. The molecule has 1 fully saturated rings. The third-order valence-corrected chi connectivity index (χ3v) is 4.56. The Morgan fingerprint density at radius 2 is 2.04 bits per heavy atom. The quantitative estimate of drug-likeness (QED) is 0.457. The van der Waals surface area contributed by atoms with Crippen molar-refractivity contribution in [3.63, 3.8) is 0 Å². The summed E-state index contributed by atoms with van der Waals surface area (Å²) in [5, 5.41) is 5.55. The lowest BCUT2D eigenvalue weighted by Gasteiger charge is -2.16. The molecule has 5 heteroatoms. The van der Waals surface area contributed by atoms with E-state index in [9.17, 15) is 9.59 Å². The number of terminal acetylenes is 1. The van der Waals surface area contributed by atoms with Gasteiger partial charge in [0.25, 0.3) is 0 Å². The van der Waals surface area contributed by atoms with Crippen molar-refractivity contribution in [2.45, 2.75) is 60.3 Å². The molecule has 2 atom stereocenters. The van der Waals surface area contributed by atoms with Gasteiger partial charge in [0.2, 0.25) is 11.8 Å². The molecule has 0 bridgehead atoms. The van der Waals surface area contributed by atoms with E-state index in [4.69, 9.17) is 11.2 Å². The molecule has 2 N–H and O–H groups in total. The highest BCUT2D eigenvalue weighted by atomic mass is 16.2. The van der Waals surface area contributed by atoms with Crippen LogP contribution in [0, 0.1) is 31.1 Å². The Labute approximate surface area is 169 Å². The first-order chi connectivity index (χ1) is 13.3. The number of benzene rings is 1. The summed E-state index contributed by atoms with van der Waals surface area (Å²) in [7, 11) is 0.